The SMILES string of the molecule is CC/C=C\C/C=C\C/C=C\C/C=C\CCCCCCC(=O)OCC(COCCCCCCCC)OC(=O)CCCCCCCCCCCCCCCCCCC. The van der Waals surface area contributed by atoms with Crippen molar-refractivity contribution < 1.29 is 23.8 Å². The smallest absolute Gasteiger partial charge is 0.306 e. The van der Waals surface area contributed by atoms with Crippen LogP contribution in [0.1, 0.15) is 239 Å². The second kappa shape index (κ2) is 47.2. The summed E-state index contributed by atoms with van der Waals surface area (Å²) in [5.74, 6) is -0.419. The molecular weight excluding hydrogens is 693 g/mol. The molecule has 0 aromatic carbocycles. The summed E-state index contributed by atoms with van der Waals surface area (Å²) >= 11 is 0. The molecule has 0 spiro atoms. The summed E-state index contributed by atoms with van der Waals surface area (Å²) in [4.78, 5) is 25.2. The van der Waals surface area contributed by atoms with E-state index in [9.17, 15) is 9.59 Å². The summed E-state index contributed by atoms with van der Waals surface area (Å²) in [7, 11) is 0. The van der Waals surface area contributed by atoms with E-state index in [1.165, 1.54) is 122 Å². The summed E-state index contributed by atoms with van der Waals surface area (Å²) in [6.07, 6.45) is 57.0. The van der Waals surface area contributed by atoms with Crippen LogP contribution in [0.2, 0.25) is 0 Å². The van der Waals surface area contributed by atoms with Crippen molar-refractivity contribution in [3.05, 3.63) is 48.6 Å². The van der Waals surface area contributed by atoms with Crippen LogP contribution in [0.15, 0.2) is 48.6 Å². The molecule has 0 saturated heterocycles. The zero-order chi connectivity index (χ0) is 40.7. The maximum atomic E-state index is 12.7. The summed E-state index contributed by atoms with van der Waals surface area (Å²) in [6, 6.07) is 0. The molecule has 5 heteroatoms. The average Bonchev–Trinajstić information content (AvgIpc) is 3.20. The molecule has 1 atom stereocenters. The maximum Gasteiger partial charge on any atom is 0.306 e. The highest BCUT2D eigenvalue weighted by Crippen LogP contribution is 2.15. The first-order chi connectivity index (χ1) is 27.6. The maximum absolute atomic E-state index is 12.7. The number of hydrogen-bond acceptors (Lipinski definition) is 5. The second-order valence-electron chi connectivity index (χ2n) is 16.0. The Morgan fingerprint density at radius 3 is 1.29 bits per heavy atom. The van der Waals surface area contributed by atoms with Crippen molar-refractivity contribution >= 4 is 11.9 Å². The quantitative estimate of drug-likeness (QED) is 0.0350. The van der Waals surface area contributed by atoms with E-state index in [1.807, 2.05) is 0 Å². The first kappa shape index (κ1) is 53.9. The third-order valence-electron chi connectivity index (χ3n) is 10.4. The molecule has 0 N–H and O–H groups in total. The lowest BCUT2D eigenvalue weighted by atomic mass is 10.0. The van der Waals surface area contributed by atoms with Gasteiger partial charge in [0.25, 0.3) is 0 Å². The minimum absolute atomic E-state index is 0.0753. The second-order valence-corrected chi connectivity index (χ2v) is 16.0. The molecule has 0 saturated carbocycles. The molecule has 0 heterocycles. The molecule has 0 aliphatic carbocycles. The molecule has 0 amide bonds. The number of hydrogen-bond donors (Lipinski definition) is 0. The molecule has 0 bridgehead atoms. The fraction of sp³-hybridized carbons (Fsp3) is 0.804. The van der Waals surface area contributed by atoms with E-state index in [1.54, 1.807) is 0 Å². The molecule has 0 aliphatic rings. The Labute approximate surface area is 348 Å². The molecule has 0 aromatic heterocycles. The lowest BCUT2D eigenvalue weighted by Crippen LogP contribution is -2.30. The first-order valence-corrected chi connectivity index (χ1v) is 24.2. The van der Waals surface area contributed by atoms with Gasteiger partial charge in [-0.05, 0) is 57.8 Å². The number of allylic oxidation sites excluding steroid dienone is 8. The summed E-state index contributed by atoms with van der Waals surface area (Å²) in [5.41, 5.74) is 0. The molecule has 0 radical (unpaired) electrons. The highest BCUT2D eigenvalue weighted by Gasteiger charge is 2.17. The number of rotatable bonds is 44. The van der Waals surface area contributed by atoms with Crippen molar-refractivity contribution in [3.8, 4) is 0 Å². The van der Waals surface area contributed by atoms with Gasteiger partial charge in [0.15, 0.2) is 6.10 Å². The molecule has 326 valence electrons. The van der Waals surface area contributed by atoms with Crippen molar-refractivity contribution in [2.24, 2.45) is 0 Å². The van der Waals surface area contributed by atoms with E-state index in [2.05, 4.69) is 69.4 Å². The predicted molar refractivity (Wildman–Crippen MR) is 242 cm³/mol. The van der Waals surface area contributed by atoms with E-state index >= 15 is 0 Å². The monoisotopic (exact) mass is 785 g/mol. The van der Waals surface area contributed by atoms with E-state index in [0.717, 1.165) is 83.5 Å². The standard InChI is InChI=1S/C51H92O5/c1-4-7-10-13-16-18-20-22-24-26-28-30-32-34-36-38-41-44-50(52)55-48-49(47-54-46-43-40-15-12-9-6-3)56-51(53)45-42-39-37-35-33-31-29-27-25-23-21-19-17-14-11-8-5-2/h7,10,16,18,22,24,28,30,49H,4-6,8-9,11-15,17,19-21,23,25-27,29,31-48H2,1-3H3/b10-7-,18-16-,24-22-,30-28-. The van der Waals surface area contributed by atoms with Crippen molar-refractivity contribution in [2.75, 3.05) is 19.8 Å². The van der Waals surface area contributed by atoms with E-state index in [-0.39, 0.29) is 25.2 Å². The normalized spacial score (nSPS) is 12.6. The lowest BCUT2D eigenvalue weighted by molar-refractivity contribution is -0.163. The molecular formula is C51H92O5. The molecule has 1 unspecified atom stereocenters. The van der Waals surface area contributed by atoms with Gasteiger partial charge in [-0.1, -0.05) is 217 Å². The highest BCUT2D eigenvalue weighted by atomic mass is 16.6. The van der Waals surface area contributed by atoms with Crippen LogP contribution in [0.4, 0.5) is 0 Å². The van der Waals surface area contributed by atoms with Gasteiger partial charge in [-0.2, -0.15) is 0 Å². The molecule has 0 fully saturated rings. The van der Waals surface area contributed by atoms with E-state index in [0.29, 0.717) is 19.4 Å². The van der Waals surface area contributed by atoms with Crippen LogP contribution >= 0.6 is 0 Å². The summed E-state index contributed by atoms with van der Waals surface area (Å²) < 4.78 is 17.2. The van der Waals surface area contributed by atoms with Gasteiger partial charge >= 0.3 is 11.9 Å². The van der Waals surface area contributed by atoms with Gasteiger partial charge in [-0.15, -0.1) is 0 Å². The van der Waals surface area contributed by atoms with Gasteiger partial charge in [-0.3, -0.25) is 9.59 Å². The zero-order valence-electron chi connectivity index (χ0n) is 37.4. The van der Waals surface area contributed by atoms with Crippen LogP contribution in [0.25, 0.3) is 0 Å². The van der Waals surface area contributed by atoms with Crippen LogP contribution in [-0.4, -0.2) is 37.9 Å². The van der Waals surface area contributed by atoms with Gasteiger partial charge in [0, 0.05) is 19.4 Å². The van der Waals surface area contributed by atoms with E-state index < -0.39 is 6.10 Å². The van der Waals surface area contributed by atoms with Crippen molar-refractivity contribution in [1.29, 1.82) is 0 Å². The predicted octanol–water partition coefficient (Wildman–Crippen LogP) is 16.0. The van der Waals surface area contributed by atoms with Crippen LogP contribution in [-0.2, 0) is 23.8 Å². The highest BCUT2D eigenvalue weighted by molar-refractivity contribution is 5.70. The summed E-state index contributed by atoms with van der Waals surface area (Å²) in [5, 5.41) is 0. The average molecular weight is 785 g/mol. The Balaban J connectivity index is 4.11. The molecule has 0 rings (SSSR count). The number of carbonyl (C=O) groups is 2. The third kappa shape index (κ3) is 44.6. The Hall–Kier alpha value is -2.14. The fourth-order valence-electron chi connectivity index (χ4n) is 6.80. The Morgan fingerprint density at radius 2 is 0.804 bits per heavy atom. The first-order valence-electron chi connectivity index (χ1n) is 24.2. The van der Waals surface area contributed by atoms with Crippen LogP contribution in [0.3, 0.4) is 0 Å². The molecule has 5 nitrogen and oxygen atoms in total. The Kier molecular flexibility index (Phi) is 45.4. The van der Waals surface area contributed by atoms with Gasteiger partial charge in [0.2, 0.25) is 0 Å². The number of esters is 2. The van der Waals surface area contributed by atoms with Gasteiger partial charge < -0.3 is 14.2 Å². The topological polar surface area (TPSA) is 61.8 Å². The molecule has 56 heavy (non-hydrogen) atoms. The Bertz CT molecular complexity index is 935. The van der Waals surface area contributed by atoms with Gasteiger partial charge in [0.1, 0.15) is 6.61 Å². The van der Waals surface area contributed by atoms with Crippen LogP contribution in [0.5, 0.6) is 0 Å². The van der Waals surface area contributed by atoms with E-state index in [4.69, 9.17) is 14.2 Å². The third-order valence-corrected chi connectivity index (χ3v) is 10.4. The largest absolute Gasteiger partial charge is 0.462 e. The number of unbranched alkanes of at least 4 members (excludes halogenated alkanes) is 25. The van der Waals surface area contributed by atoms with Crippen LogP contribution < -0.4 is 0 Å². The van der Waals surface area contributed by atoms with Gasteiger partial charge in [-0.25, -0.2) is 0 Å². The fourth-order valence-corrected chi connectivity index (χ4v) is 6.80. The van der Waals surface area contributed by atoms with Crippen LogP contribution in [0, 0.1) is 0 Å². The summed E-state index contributed by atoms with van der Waals surface area (Å²) in [6.45, 7) is 7.68. The minimum Gasteiger partial charge on any atom is -0.462 e. The van der Waals surface area contributed by atoms with Gasteiger partial charge in [0.05, 0.1) is 6.61 Å². The minimum atomic E-state index is -0.539. The van der Waals surface area contributed by atoms with Crippen molar-refractivity contribution in [1.82, 2.24) is 0 Å². The lowest BCUT2D eigenvalue weighted by Gasteiger charge is -2.18. The number of carbonyl (C=O) groups excluding carboxylic acids is 2. The van der Waals surface area contributed by atoms with Crippen molar-refractivity contribution in [3.63, 3.8) is 0 Å². The van der Waals surface area contributed by atoms with Crippen molar-refractivity contribution in [2.45, 2.75) is 245 Å². The molecule has 0 aromatic rings. The number of ether oxygens (including phenoxy) is 3. The Morgan fingerprint density at radius 1 is 0.411 bits per heavy atom. The molecule has 0 aliphatic heterocycles. The zero-order valence-corrected chi connectivity index (χ0v) is 37.4.